The molecule has 1 fully saturated rings. The molecule has 34 heavy (non-hydrogen) atoms. The zero-order chi connectivity index (χ0) is 24.3. The molecule has 2 aromatic carbocycles. The first-order valence-electron chi connectivity index (χ1n) is 12.0. The molecule has 1 unspecified atom stereocenters. The van der Waals surface area contributed by atoms with Gasteiger partial charge in [-0.15, -0.1) is 0 Å². The number of nitrogens with zero attached hydrogens (tertiary/aromatic N) is 2. The fourth-order valence-electron chi connectivity index (χ4n) is 4.76. The highest BCUT2D eigenvalue weighted by Gasteiger charge is 2.36. The highest BCUT2D eigenvalue weighted by Crippen LogP contribution is 2.39. The van der Waals surface area contributed by atoms with Crippen molar-refractivity contribution in [3.63, 3.8) is 0 Å². The zero-order valence-electron chi connectivity index (χ0n) is 19.7. The SMILES string of the molecule is CCc1ccc2c(c1)CCC(CC)N2S(=O)(=O)c1ccc(OCC2CCSCC2)c([N+](=O)[O-])c1. The molecule has 0 spiro atoms. The van der Waals surface area contributed by atoms with E-state index in [-0.39, 0.29) is 22.4 Å². The van der Waals surface area contributed by atoms with Gasteiger partial charge in [0.25, 0.3) is 10.0 Å². The van der Waals surface area contributed by atoms with Crippen molar-refractivity contribution in [3.8, 4) is 5.75 Å². The standard InChI is InChI=1S/C25H32N2O5S2/c1-3-18-5-9-23-20(15-18)6-7-21(4-2)26(23)34(30,31)22-8-10-25(24(16-22)27(28)29)32-17-19-11-13-33-14-12-19/h5,8-10,15-16,19,21H,3-4,6-7,11-14,17H2,1-2H3. The third-order valence-electron chi connectivity index (χ3n) is 6.84. The number of hydrogen-bond acceptors (Lipinski definition) is 6. The van der Waals surface area contributed by atoms with Crippen molar-refractivity contribution in [1.82, 2.24) is 0 Å². The van der Waals surface area contributed by atoms with Gasteiger partial charge >= 0.3 is 5.69 Å². The summed E-state index contributed by atoms with van der Waals surface area (Å²) < 4.78 is 34.9. The van der Waals surface area contributed by atoms with Gasteiger partial charge in [0.05, 0.1) is 22.1 Å². The van der Waals surface area contributed by atoms with E-state index in [9.17, 15) is 18.5 Å². The van der Waals surface area contributed by atoms with Crippen LogP contribution in [-0.2, 0) is 22.9 Å². The third-order valence-corrected chi connectivity index (χ3v) is 9.75. The number of nitro groups is 1. The maximum absolute atomic E-state index is 13.8. The summed E-state index contributed by atoms with van der Waals surface area (Å²) in [5.41, 5.74) is 2.54. The summed E-state index contributed by atoms with van der Waals surface area (Å²) in [7, 11) is -3.99. The third kappa shape index (κ3) is 5.05. The van der Waals surface area contributed by atoms with Crippen LogP contribution >= 0.6 is 11.8 Å². The Morgan fingerprint density at radius 3 is 2.56 bits per heavy atom. The number of aryl methyl sites for hydroxylation is 2. The molecule has 0 bridgehead atoms. The van der Waals surface area contributed by atoms with Crippen LogP contribution in [0.1, 0.15) is 50.7 Å². The fraction of sp³-hybridized carbons (Fsp3) is 0.520. The first kappa shape index (κ1) is 24.9. The molecule has 0 saturated carbocycles. The van der Waals surface area contributed by atoms with Crippen LogP contribution in [0.5, 0.6) is 5.75 Å². The second-order valence-electron chi connectivity index (χ2n) is 8.97. The highest BCUT2D eigenvalue weighted by molar-refractivity contribution is 7.99. The van der Waals surface area contributed by atoms with Crippen molar-refractivity contribution in [2.45, 2.75) is 63.3 Å². The van der Waals surface area contributed by atoms with E-state index in [1.165, 1.54) is 22.0 Å². The number of nitro benzene ring substituents is 1. The number of anilines is 1. The second kappa shape index (κ2) is 10.6. The van der Waals surface area contributed by atoms with E-state index in [1.807, 2.05) is 30.8 Å². The average Bonchev–Trinajstić information content (AvgIpc) is 2.86. The molecule has 2 heterocycles. The Balaban J connectivity index is 1.67. The average molecular weight is 505 g/mol. The first-order chi connectivity index (χ1) is 16.3. The van der Waals surface area contributed by atoms with E-state index in [4.69, 9.17) is 4.74 Å². The summed E-state index contributed by atoms with van der Waals surface area (Å²) >= 11 is 1.91. The molecular formula is C25H32N2O5S2. The van der Waals surface area contributed by atoms with Gasteiger partial charge in [0.2, 0.25) is 0 Å². The summed E-state index contributed by atoms with van der Waals surface area (Å²) in [4.78, 5) is 11.2. The molecule has 0 amide bonds. The molecule has 2 aliphatic rings. The molecule has 184 valence electrons. The number of rotatable bonds is 8. The number of fused-ring (bicyclic) bond motifs is 1. The van der Waals surface area contributed by atoms with Gasteiger partial charge in [-0.2, -0.15) is 11.8 Å². The minimum absolute atomic E-state index is 0.0773. The number of hydrogen-bond donors (Lipinski definition) is 0. The molecule has 1 atom stereocenters. The summed E-state index contributed by atoms with van der Waals surface area (Å²) in [6.45, 7) is 4.45. The summed E-state index contributed by atoms with van der Waals surface area (Å²) in [6, 6.07) is 9.76. The lowest BCUT2D eigenvalue weighted by molar-refractivity contribution is -0.386. The van der Waals surface area contributed by atoms with Gasteiger partial charge in [-0.3, -0.25) is 14.4 Å². The quantitative estimate of drug-likeness (QED) is 0.343. The first-order valence-corrected chi connectivity index (χ1v) is 14.6. The van der Waals surface area contributed by atoms with Gasteiger partial charge in [-0.05, 0) is 85.3 Å². The maximum Gasteiger partial charge on any atom is 0.312 e. The molecule has 2 aliphatic heterocycles. The second-order valence-corrected chi connectivity index (χ2v) is 12.0. The molecule has 0 N–H and O–H groups in total. The van der Waals surface area contributed by atoms with Crippen LogP contribution in [-0.4, -0.2) is 37.5 Å². The van der Waals surface area contributed by atoms with E-state index in [2.05, 4.69) is 13.0 Å². The predicted octanol–water partition coefficient (Wildman–Crippen LogP) is 5.60. The minimum atomic E-state index is -3.99. The topological polar surface area (TPSA) is 89.8 Å². The normalized spacial score (nSPS) is 19.0. The van der Waals surface area contributed by atoms with Crippen molar-refractivity contribution in [1.29, 1.82) is 0 Å². The Hall–Kier alpha value is -2.26. The maximum atomic E-state index is 13.8. The molecule has 7 nitrogen and oxygen atoms in total. The van der Waals surface area contributed by atoms with E-state index in [0.717, 1.165) is 55.2 Å². The molecule has 0 aromatic heterocycles. The van der Waals surface area contributed by atoms with Gasteiger partial charge < -0.3 is 4.74 Å². The lowest BCUT2D eigenvalue weighted by Gasteiger charge is -2.37. The number of sulfonamides is 1. The highest BCUT2D eigenvalue weighted by atomic mass is 32.2. The lowest BCUT2D eigenvalue weighted by atomic mass is 9.94. The molecule has 9 heteroatoms. The summed E-state index contributed by atoms with van der Waals surface area (Å²) in [5.74, 6) is 2.64. The summed E-state index contributed by atoms with van der Waals surface area (Å²) in [5, 5.41) is 11.8. The van der Waals surface area contributed by atoms with Crippen molar-refractivity contribution in [3.05, 3.63) is 57.6 Å². The van der Waals surface area contributed by atoms with Crippen molar-refractivity contribution in [2.24, 2.45) is 5.92 Å². The van der Waals surface area contributed by atoms with Crippen LogP contribution in [0, 0.1) is 16.0 Å². The van der Waals surface area contributed by atoms with Gasteiger partial charge in [-0.25, -0.2) is 8.42 Å². The molecule has 1 saturated heterocycles. The smallest absolute Gasteiger partial charge is 0.312 e. The van der Waals surface area contributed by atoms with Crippen LogP contribution in [0.3, 0.4) is 0 Å². The minimum Gasteiger partial charge on any atom is -0.487 e. The van der Waals surface area contributed by atoms with Crippen molar-refractivity contribution >= 4 is 33.2 Å². The number of thioether (sulfide) groups is 1. The van der Waals surface area contributed by atoms with Crippen LogP contribution < -0.4 is 9.04 Å². The van der Waals surface area contributed by atoms with E-state index in [1.54, 1.807) is 0 Å². The molecule has 0 aliphatic carbocycles. The molecular weight excluding hydrogens is 472 g/mol. The Morgan fingerprint density at radius 1 is 1.12 bits per heavy atom. The Morgan fingerprint density at radius 2 is 1.88 bits per heavy atom. The van der Waals surface area contributed by atoms with E-state index >= 15 is 0 Å². The van der Waals surface area contributed by atoms with Crippen LogP contribution in [0.25, 0.3) is 0 Å². The van der Waals surface area contributed by atoms with Crippen molar-refractivity contribution in [2.75, 3.05) is 22.4 Å². The summed E-state index contributed by atoms with van der Waals surface area (Å²) in [6.07, 6.45) is 5.13. The van der Waals surface area contributed by atoms with E-state index in [0.29, 0.717) is 24.6 Å². The Labute approximate surface area is 206 Å². The van der Waals surface area contributed by atoms with Crippen molar-refractivity contribution < 1.29 is 18.1 Å². The Kier molecular flexibility index (Phi) is 7.72. The van der Waals surface area contributed by atoms with Gasteiger partial charge in [-0.1, -0.05) is 26.0 Å². The molecule has 4 rings (SSSR count). The lowest BCUT2D eigenvalue weighted by Crippen LogP contribution is -2.43. The van der Waals surface area contributed by atoms with Crippen LogP contribution in [0.4, 0.5) is 11.4 Å². The number of ether oxygens (including phenoxy) is 1. The van der Waals surface area contributed by atoms with E-state index < -0.39 is 14.9 Å². The van der Waals surface area contributed by atoms with Gasteiger partial charge in [0, 0.05) is 12.1 Å². The van der Waals surface area contributed by atoms with Crippen LogP contribution in [0.15, 0.2) is 41.3 Å². The molecule has 2 aromatic rings. The zero-order valence-corrected chi connectivity index (χ0v) is 21.4. The monoisotopic (exact) mass is 504 g/mol. The largest absolute Gasteiger partial charge is 0.487 e. The molecule has 0 radical (unpaired) electrons. The van der Waals surface area contributed by atoms with Gasteiger partial charge in [0.1, 0.15) is 0 Å². The number of benzene rings is 2. The fourth-order valence-corrected chi connectivity index (χ4v) is 7.78. The van der Waals surface area contributed by atoms with Gasteiger partial charge in [0.15, 0.2) is 5.75 Å². The van der Waals surface area contributed by atoms with Crippen LogP contribution in [0.2, 0.25) is 0 Å². The predicted molar refractivity (Wildman–Crippen MR) is 137 cm³/mol. The Bertz CT molecular complexity index is 1150.